The predicted molar refractivity (Wildman–Crippen MR) is 125 cm³/mol. The van der Waals surface area contributed by atoms with Gasteiger partial charge in [-0.15, -0.1) is 0 Å². The zero-order valence-corrected chi connectivity index (χ0v) is 22.0. The van der Waals surface area contributed by atoms with Gasteiger partial charge in [0.25, 0.3) is 0 Å². The van der Waals surface area contributed by atoms with Crippen LogP contribution < -0.4 is 0 Å². The molecule has 7 fully saturated rings. The van der Waals surface area contributed by atoms with E-state index < -0.39 is 98.4 Å². The molecular formula is C28H32O11. The van der Waals surface area contributed by atoms with Gasteiger partial charge in [0.1, 0.15) is 11.7 Å². The molecule has 11 nitrogen and oxygen atoms in total. The van der Waals surface area contributed by atoms with Crippen LogP contribution in [0.15, 0.2) is 12.2 Å². The number of ether oxygens (including phenoxy) is 4. The number of esters is 2. The van der Waals surface area contributed by atoms with Crippen molar-refractivity contribution in [3.05, 3.63) is 12.2 Å². The van der Waals surface area contributed by atoms with Gasteiger partial charge in [-0.05, 0) is 63.4 Å². The molecule has 0 aromatic heterocycles. The first kappa shape index (κ1) is 24.6. The SMILES string of the molecule is C[C@@]12C[C@@H]3OC(=O)[C@@H]1CO[C@]14O[C@]5([C@H]2C1=O)[C@@](O)(CC[C@H]1[C@H]4C[C@@H](O)[C@@]2(O)CC=CC(=O)[C@]12C)C(=O)O[C@]35C. The summed E-state index contributed by atoms with van der Waals surface area (Å²) in [4.78, 5) is 55.5. The molecule has 8 aliphatic rings. The monoisotopic (exact) mass is 544 g/mol. The minimum Gasteiger partial charge on any atom is -0.458 e. The van der Waals surface area contributed by atoms with Crippen molar-refractivity contribution in [2.75, 3.05) is 6.61 Å². The molecule has 0 aromatic rings. The molecule has 5 aliphatic heterocycles. The summed E-state index contributed by atoms with van der Waals surface area (Å²) in [5.41, 5.74) is -10.4. The normalized spacial score (nSPS) is 62.0. The Labute approximate surface area is 223 Å². The largest absolute Gasteiger partial charge is 0.458 e. The molecule has 5 bridgehead atoms. The lowest BCUT2D eigenvalue weighted by molar-refractivity contribution is -0.382. The second-order valence-electron chi connectivity index (χ2n) is 13.8. The molecule has 5 heterocycles. The third-order valence-electron chi connectivity index (χ3n) is 12.7. The van der Waals surface area contributed by atoms with E-state index in [0.717, 1.165) is 0 Å². The Kier molecular flexibility index (Phi) is 4.09. The fourth-order valence-corrected chi connectivity index (χ4v) is 10.6. The Morgan fingerprint density at radius 2 is 1.79 bits per heavy atom. The molecule has 210 valence electrons. The minimum atomic E-state index is -2.32. The summed E-state index contributed by atoms with van der Waals surface area (Å²) >= 11 is 0. The van der Waals surface area contributed by atoms with E-state index in [4.69, 9.17) is 18.9 Å². The molecule has 0 aromatic carbocycles. The number of hydrogen-bond acceptors (Lipinski definition) is 11. The van der Waals surface area contributed by atoms with Crippen molar-refractivity contribution in [3.63, 3.8) is 0 Å². The van der Waals surface area contributed by atoms with Gasteiger partial charge in [0.2, 0.25) is 5.79 Å². The molecule has 0 unspecified atom stereocenters. The van der Waals surface area contributed by atoms with E-state index >= 15 is 0 Å². The van der Waals surface area contributed by atoms with E-state index in [1.165, 1.54) is 12.2 Å². The highest BCUT2D eigenvalue weighted by Crippen LogP contribution is 2.75. The van der Waals surface area contributed by atoms with E-state index in [0.29, 0.717) is 0 Å². The van der Waals surface area contributed by atoms with Crippen LogP contribution in [0, 0.1) is 34.5 Å². The van der Waals surface area contributed by atoms with Crippen molar-refractivity contribution in [1.29, 1.82) is 0 Å². The van der Waals surface area contributed by atoms with Crippen LogP contribution in [-0.2, 0) is 38.1 Å². The van der Waals surface area contributed by atoms with Crippen LogP contribution in [0.3, 0.4) is 0 Å². The Hall–Kier alpha value is -2.18. The van der Waals surface area contributed by atoms with E-state index in [2.05, 4.69) is 0 Å². The van der Waals surface area contributed by atoms with Crippen molar-refractivity contribution in [2.24, 2.45) is 34.5 Å². The number of aliphatic hydroxyl groups excluding tert-OH is 1. The van der Waals surface area contributed by atoms with Crippen molar-refractivity contribution in [1.82, 2.24) is 0 Å². The van der Waals surface area contributed by atoms with Gasteiger partial charge < -0.3 is 34.3 Å². The third kappa shape index (κ3) is 2.10. The van der Waals surface area contributed by atoms with E-state index in [9.17, 15) is 34.5 Å². The van der Waals surface area contributed by atoms with Gasteiger partial charge in [-0.2, -0.15) is 0 Å². The van der Waals surface area contributed by atoms with E-state index in [-0.39, 0.29) is 38.7 Å². The highest BCUT2D eigenvalue weighted by Gasteiger charge is 2.93. The molecular weight excluding hydrogens is 512 g/mol. The molecule has 3 N–H and O–H groups in total. The maximum Gasteiger partial charge on any atom is 0.342 e. The highest BCUT2D eigenvalue weighted by atomic mass is 16.8. The average Bonchev–Trinajstić information content (AvgIpc) is 3.19. The summed E-state index contributed by atoms with van der Waals surface area (Å²) < 4.78 is 24.9. The Morgan fingerprint density at radius 1 is 1.05 bits per heavy atom. The molecule has 2 saturated carbocycles. The van der Waals surface area contributed by atoms with Crippen LogP contribution in [0.4, 0.5) is 0 Å². The molecule has 5 saturated heterocycles. The topological polar surface area (TPSA) is 166 Å². The first-order valence-corrected chi connectivity index (χ1v) is 13.8. The van der Waals surface area contributed by atoms with Gasteiger partial charge in [-0.25, -0.2) is 4.79 Å². The number of ketones is 2. The molecule has 13 atom stereocenters. The second kappa shape index (κ2) is 6.49. The van der Waals surface area contributed by atoms with Gasteiger partial charge in [0, 0.05) is 5.92 Å². The first-order chi connectivity index (χ1) is 18.2. The number of carbonyl (C=O) groups is 4. The summed E-state index contributed by atoms with van der Waals surface area (Å²) in [7, 11) is 0. The Morgan fingerprint density at radius 3 is 2.54 bits per heavy atom. The summed E-state index contributed by atoms with van der Waals surface area (Å²) in [6.07, 6.45) is 0.491. The zero-order valence-electron chi connectivity index (χ0n) is 22.0. The lowest BCUT2D eigenvalue weighted by atomic mass is 9.46. The smallest absolute Gasteiger partial charge is 0.342 e. The standard InChI is InChI=1S/C28H32O11/c1-22-10-17-24(3)28-18(22)19(31)27(39-28,36-11-14(22)20(32)37-17)13-9-16(30)25(34)7-4-5-15(29)23(25,2)12(13)6-8-26(28,35)21(33)38-24/h4-5,12-14,16-18,30,34-35H,6-11H2,1-3H3/t12-,13+,14-,16+,17-,18-,22+,23-,24+,25-,26+,27+,28-/m0/s1. The summed E-state index contributed by atoms with van der Waals surface area (Å²) in [5.74, 6) is -8.35. The van der Waals surface area contributed by atoms with Crippen molar-refractivity contribution < 1.29 is 53.4 Å². The van der Waals surface area contributed by atoms with Gasteiger partial charge in [-0.3, -0.25) is 14.4 Å². The summed E-state index contributed by atoms with van der Waals surface area (Å²) in [5, 5.41) is 35.6. The number of allylic oxidation sites excluding steroid dienone is 1. The van der Waals surface area contributed by atoms with Crippen molar-refractivity contribution >= 4 is 23.5 Å². The number of Topliss-reactive ketones (excluding diaryl/α,β-unsaturated/α-hetero) is 1. The van der Waals surface area contributed by atoms with Crippen LogP contribution in [0.25, 0.3) is 0 Å². The lowest BCUT2D eigenvalue weighted by Crippen LogP contribution is -2.79. The maximum absolute atomic E-state index is 14.9. The number of carbonyl (C=O) groups excluding carboxylic acids is 4. The Balaban J connectivity index is 1.43. The van der Waals surface area contributed by atoms with Gasteiger partial charge in [-0.1, -0.05) is 13.0 Å². The number of fused-ring (bicyclic) bond motifs is 5. The van der Waals surface area contributed by atoms with Gasteiger partial charge in [0.05, 0.1) is 30.0 Å². The summed E-state index contributed by atoms with van der Waals surface area (Å²) in [6, 6.07) is 0. The molecule has 0 radical (unpaired) electrons. The van der Waals surface area contributed by atoms with Crippen LogP contribution >= 0.6 is 0 Å². The van der Waals surface area contributed by atoms with Crippen molar-refractivity contribution in [2.45, 2.75) is 93.3 Å². The zero-order chi connectivity index (χ0) is 27.8. The minimum absolute atomic E-state index is 0.0207. The molecule has 3 aliphatic carbocycles. The van der Waals surface area contributed by atoms with Crippen LogP contribution in [0.5, 0.6) is 0 Å². The predicted octanol–water partition coefficient (Wildman–Crippen LogP) is -0.277. The number of hydrogen-bond donors (Lipinski definition) is 3. The first-order valence-electron chi connectivity index (χ1n) is 13.8. The second-order valence-corrected chi connectivity index (χ2v) is 13.8. The molecule has 2 spiro atoms. The Bertz CT molecular complexity index is 1330. The van der Waals surface area contributed by atoms with Crippen LogP contribution in [0.2, 0.25) is 0 Å². The lowest BCUT2D eigenvalue weighted by Gasteiger charge is -2.64. The van der Waals surface area contributed by atoms with E-state index in [1.54, 1.807) is 20.8 Å². The quantitative estimate of drug-likeness (QED) is 0.344. The fourth-order valence-electron chi connectivity index (χ4n) is 10.6. The molecule has 0 amide bonds. The number of rotatable bonds is 0. The van der Waals surface area contributed by atoms with Gasteiger partial charge in [0.15, 0.2) is 28.4 Å². The molecule has 39 heavy (non-hydrogen) atoms. The molecule has 8 rings (SSSR count). The van der Waals surface area contributed by atoms with Crippen molar-refractivity contribution in [3.8, 4) is 0 Å². The maximum atomic E-state index is 14.9. The number of aliphatic hydroxyl groups is 3. The molecule has 11 heteroatoms. The van der Waals surface area contributed by atoms with Crippen LogP contribution in [-0.4, -0.2) is 85.8 Å². The summed E-state index contributed by atoms with van der Waals surface area (Å²) in [6.45, 7) is 4.69. The highest BCUT2D eigenvalue weighted by molar-refractivity contribution is 6.00. The van der Waals surface area contributed by atoms with E-state index in [1.807, 2.05) is 0 Å². The average molecular weight is 545 g/mol. The third-order valence-corrected chi connectivity index (χ3v) is 12.7. The van der Waals surface area contributed by atoms with Crippen LogP contribution in [0.1, 0.15) is 52.9 Å². The fraction of sp³-hybridized carbons (Fsp3) is 0.786. The van der Waals surface area contributed by atoms with Gasteiger partial charge >= 0.3 is 11.9 Å².